The van der Waals surface area contributed by atoms with Crippen LogP contribution in [0.4, 0.5) is 0 Å². The number of phenols is 1. The van der Waals surface area contributed by atoms with Crippen LogP contribution in [0.2, 0.25) is 0 Å². The van der Waals surface area contributed by atoms with Crippen LogP contribution in [0.15, 0.2) is 54.1 Å². The molecule has 0 saturated heterocycles. The van der Waals surface area contributed by atoms with Crippen molar-refractivity contribution >= 4 is 5.57 Å². The fraction of sp³-hybridized carbons (Fsp3) is 0.200. The summed E-state index contributed by atoms with van der Waals surface area (Å²) < 4.78 is 0. The summed E-state index contributed by atoms with van der Waals surface area (Å²) in [7, 11) is 0. The van der Waals surface area contributed by atoms with Crippen molar-refractivity contribution in [3.63, 3.8) is 0 Å². The molecule has 1 rings (SSSR count). The van der Waals surface area contributed by atoms with E-state index < -0.39 is 0 Å². The van der Waals surface area contributed by atoms with Crippen LogP contribution in [0.3, 0.4) is 0 Å². The third-order valence-corrected chi connectivity index (χ3v) is 2.46. The maximum Gasteiger partial charge on any atom is 0.116 e. The Hall–Kier alpha value is -1.76. The van der Waals surface area contributed by atoms with Crippen LogP contribution in [-0.2, 0) is 0 Å². The molecule has 0 atom stereocenters. The molecule has 0 spiro atoms. The van der Waals surface area contributed by atoms with E-state index in [-0.39, 0.29) is 0 Å². The van der Waals surface area contributed by atoms with Crippen molar-refractivity contribution in [1.82, 2.24) is 0 Å². The van der Waals surface area contributed by atoms with Crippen molar-refractivity contribution < 1.29 is 5.11 Å². The Balaban J connectivity index is 2.82. The van der Waals surface area contributed by atoms with E-state index in [1.54, 1.807) is 12.1 Å². The molecule has 0 fully saturated rings. The van der Waals surface area contributed by atoms with Gasteiger partial charge in [0.1, 0.15) is 5.75 Å². The summed E-state index contributed by atoms with van der Waals surface area (Å²) in [4.78, 5) is 0. The number of hydrogen-bond donors (Lipinski definition) is 1. The zero-order valence-corrected chi connectivity index (χ0v) is 10.1. The lowest BCUT2D eigenvalue weighted by atomic mass is 10.1. The van der Waals surface area contributed by atoms with Gasteiger partial charge in [-0.15, -0.1) is 0 Å². The molecular formula is C15H18O. The average molecular weight is 214 g/mol. The molecule has 0 aliphatic heterocycles. The Morgan fingerprint density at radius 1 is 1.25 bits per heavy atom. The monoisotopic (exact) mass is 214 g/mol. The van der Waals surface area contributed by atoms with Gasteiger partial charge in [-0.1, -0.05) is 42.0 Å². The second-order valence-corrected chi connectivity index (χ2v) is 3.79. The summed E-state index contributed by atoms with van der Waals surface area (Å²) in [6.45, 7) is 6.11. The van der Waals surface area contributed by atoms with E-state index in [1.807, 2.05) is 38.1 Å². The summed E-state index contributed by atoms with van der Waals surface area (Å²) in [6.07, 6.45) is 8.19. The van der Waals surface area contributed by atoms with Gasteiger partial charge in [0.05, 0.1) is 0 Å². The molecule has 0 radical (unpaired) electrons. The summed E-state index contributed by atoms with van der Waals surface area (Å²) in [5.74, 6) is 0.305. The summed E-state index contributed by atoms with van der Waals surface area (Å²) >= 11 is 0. The van der Waals surface area contributed by atoms with Crippen molar-refractivity contribution in [3.05, 3.63) is 59.7 Å². The van der Waals surface area contributed by atoms with Gasteiger partial charge in [-0.3, -0.25) is 0 Å². The highest BCUT2D eigenvalue weighted by atomic mass is 16.3. The Labute approximate surface area is 97.4 Å². The number of rotatable bonds is 3. The zero-order valence-electron chi connectivity index (χ0n) is 10.1. The third-order valence-electron chi connectivity index (χ3n) is 2.46. The van der Waals surface area contributed by atoms with E-state index in [9.17, 15) is 5.11 Å². The first-order valence-corrected chi connectivity index (χ1v) is 5.41. The lowest BCUT2D eigenvalue weighted by molar-refractivity contribution is 0.475. The zero-order chi connectivity index (χ0) is 12.0. The molecular weight excluding hydrogens is 196 g/mol. The van der Waals surface area contributed by atoms with E-state index in [0.717, 1.165) is 11.1 Å². The standard InChI is InChI=1S/C15H18O/c1-4-12(2)7-5-8-13(3)14-9-6-10-15(16)11-14/h4-11,16H,1-3H3/b7-5+,12-4+,13-8+. The molecule has 84 valence electrons. The van der Waals surface area contributed by atoms with Crippen molar-refractivity contribution in [3.8, 4) is 5.75 Å². The molecule has 1 N–H and O–H groups in total. The average Bonchev–Trinajstić information content (AvgIpc) is 2.28. The Morgan fingerprint density at radius 3 is 2.62 bits per heavy atom. The van der Waals surface area contributed by atoms with Gasteiger partial charge in [-0.25, -0.2) is 0 Å². The van der Waals surface area contributed by atoms with Crippen LogP contribution in [0.5, 0.6) is 5.75 Å². The first kappa shape index (κ1) is 12.3. The molecule has 1 aromatic carbocycles. The van der Waals surface area contributed by atoms with Gasteiger partial charge in [-0.2, -0.15) is 0 Å². The van der Waals surface area contributed by atoms with Gasteiger partial charge < -0.3 is 5.11 Å². The number of phenolic OH excluding ortho intramolecular Hbond substituents is 1. The first-order valence-electron chi connectivity index (χ1n) is 5.41. The molecule has 0 heterocycles. The highest BCUT2D eigenvalue weighted by molar-refractivity contribution is 5.66. The quantitative estimate of drug-likeness (QED) is 0.743. The maximum atomic E-state index is 9.36. The first-order chi connectivity index (χ1) is 7.63. The fourth-order valence-corrected chi connectivity index (χ4v) is 1.29. The molecule has 0 saturated carbocycles. The van der Waals surface area contributed by atoms with Gasteiger partial charge in [0.15, 0.2) is 0 Å². The molecule has 1 nitrogen and oxygen atoms in total. The molecule has 0 aliphatic rings. The van der Waals surface area contributed by atoms with Crippen molar-refractivity contribution in [2.24, 2.45) is 0 Å². The van der Waals surface area contributed by atoms with E-state index in [1.165, 1.54) is 5.57 Å². The number of aromatic hydroxyl groups is 1. The smallest absolute Gasteiger partial charge is 0.116 e. The number of hydrogen-bond acceptors (Lipinski definition) is 1. The van der Waals surface area contributed by atoms with Crippen LogP contribution in [0, 0.1) is 0 Å². The highest BCUT2D eigenvalue weighted by Gasteiger charge is 1.94. The molecule has 0 aliphatic carbocycles. The Morgan fingerprint density at radius 2 is 2.00 bits per heavy atom. The second-order valence-electron chi connectivity index (χ2n) is 3.79. The Kier molecular flexibility index (Phi) is 4.59. The number of benzene rings is 1. The minimum Gasteiger partial charge on any atom is -0.508 e. The lowest BCUT2D eigenvalue weighted by Crippen LogP contribution is -1.77. The molecule has 0 aromatic heterocycles. The van der Waals surface area contributed by atoms with E-state index in [4.69, 9.17) is 0 Å². The second kappa shape index (κ2) is 5.96. The van der Waals surface area contributed by atoms with Crippen LogP contribution >= 0.6 is 0 Å². The van der Waals surface area contributed by atoms with Crippen LogP contribution in [-0.4, -0.2) is 5.11 Å². The third kappa shape index (κ3) is 3.77. The van der Waals surface area contributed by atoms with Gasteiger partial charge in [0.2, 0.25) is 0 Å². The van der Waals surface area contributed by atoms with Crippen LogP contribution in [0.1, 0.15) is 26.3 Å². The van der Waals surface area contributed by atoms with Crippen LogP contribution < -0.4 is 0 Å². The number of allylic oxidation sites excluding steroid dienone is 6. The van der Waals surface area contributed by atoms with Gasteiger partial charge >= 0.3 is 0 Å². The largest absolute Gasteiger partial charge is 0.508 e. The molecule has 0 unspecified atom stereocenters. The summed E-state index contributed by atoms with van der Waals surface area (Å²) in [5.41, 5.74) is 3.42. The molecule has 1 heteroatoms. The lowest BCUT2D eigenvalue weighted by Gasteiger charge is -2.00. The van der Waals surface area contributed by atoms with Crippen LogP contribution in [0.25, 0.3) is 5.57 Å². The molecule has 1 aromatic rings. The van der Waals surface area contributed by atoms with Gasteiger partial charge in [0.25, 0.3) is 0 Å². The molecule has 16 heavy (non-hydrogen) atoms. The minimum absolute atomic E-state index is 0.305. The van der Waals surface area contributed by atoms with E-state index >= 15 is 0 Å². The molecule has 0 bridgehead atoms. The topological polar surface area (TPSA) is 20.2 Å². The predicted octanol–water partition coefficient (Wildman–Crippen LogP) is 4.32. The van der Waals surface area contributed by atoms with Gasteiger partial charge in [0, 0.05) is 0 Å². The predicted molar refractivity (Wildman–Crippen MR) is 70.3 cm³/mol. The highest BCUT2D eigenvalue weighted by Crippen LogP contribution is 2.18. The van der Waals surface area contributed by atoms with E-state index in [0.29, 0.717) is 5.75 Å². The fourth-order valence-electron chi connectivity index (χ4n) is 1.29. The van der Waals surface area contributed by atoms with Crippen molar-refractivity contribution in [1.29, 1.82) is 0 Å². The van der Waals surface area contributed by atoms with Crippen molar-refractivity contribution in [2.75, 3.05) is 0 Å². The van der Waals surface area contributed by atoms with Gasteiger partial charge in [-0.05, 0) is 44.0 Å². The maximum absolute atomic E-state index is 9.36. The Bertz CT molecular complexity index is 437. The summed E-state index contributed by atoms with van der Waals surface area (Å²) in [6, 6.07) is 7.28. The molecule has 0 amide bonds. The van der Waals surface area contributed by atoms with Crippen molar-refractivity contribution in [2.45, 2.75) is 20.8 Å². The summed E-state index contributed by atoms with van der Waals surface area (Å²) in [5, 5.41) is 9.36. The van der Waals surface area contributed by atoms with E-state index in [2.05, 4.69) is 19.1 Å². The normalized spacial score (nSPS) is 13.4. The minimum atomic E-state index is 0.305. The SMILES string of the molecule is C/C=C(C)/C=C/C=C(\C)c1cccc(O)c1.